The molecule has 0 fully saturated rings. The van der Waals surface area contributed by atoms with Gasteiger partial charge < -0.3 is 5.11 Å². The third-order valence-corrected chi connectivity index (χ3v) is 4.03. The predicted molar refractivity (Wildman–Crippen MR) is 86.7 cm³/mol. The average Bonchev–Trinajstić information content (AvgIpc) is 2.81. The van der Waals surface area contributed by atoms with Gasteiger partial charge in [-0.15, -0.1) is 0 Å². The molecule has 2 N–H and O–H groups in total. The normalized spacial score (nSPS) is 10.7. The van der Waals surface area contributed by atoms with Crippen LogP contribution in [0.3, 0.4) is 0 Å². The summed E-state index contributed by atoms with van der Waals surface area (Å²) in [4.78, 5) is 27.9. The van der Waals surface area contributed by atoms with E-state index >= 15 is 0 Å². The van der Waals surface area contributed by atoms with Crippen molar-refractivity contribution in [2.45, 2.75) is 27.2 Å². The summed E-state index contributed by atoms with van der Waals surface area (Å²) in [6, 6.07) is 7.16. The summed E-state index contributed by atoms with van der Waals surface area (Å²) in [6.45, 7) is 5.94. The lowest BCUT2D eigenvalue weighted by Gasteiger charge is -2.02. The zero-order chi connectivity index (χ0) is 16.3. The highest BCUT2D eigenvalue weighted by molar-refractivity contribution is 7.17. The van der Waals surface area contributed by atoms with Gasteiger partial charge in [0.15, 0.2) is 5.13 Å². The number of nitrogens with zero attached hydrogens (tertiary/aromatic N) is 1. The summed E-state index contributed by atoms with van der Waals surface area (Å²) in [7, 11) is 0. The number of rotatable bonds is 5. The fourth-order valence-electron chi connectivity index (χ4n) is 1.97. The van der Waals surface area contributed by atoms with E-state index in [1.165, 1.54) is 0 Å². The van der Waals surface area contributed by atoms with Crippen LogP contribution in [0.5, 0.6) is 0 Å². The lowest BCUT2D eigenvalue weighted by Crippen LogP contribution is -2.11. The number of thiazole rings is 1. The van der Waals surface area contributed by atoms with Crippen molar-refractivity contribution in [1.29, 1.82) is 0 Å². The van der Waals surface area contributed by atoms with E-state index in [4.69, 9.17) is 0 Å². The maximum absolute atomic E-state index is 12.1. The molecule has 1 aromatic heterocycles. The number of carboxylic acid groups (broad SMARTS) is 1. The molecule has 1 amide bonds. The van der Waals surface area contributed by atoms with E-state index in [0.29, 0.717) is 28.7 Å². The van der Waals surface area contributed by atoms with Crippen molar-refractivity contribution in [3.05, 3.63) is 46.0 Å². The number of carbonyl (C=O) groups is 2. The largest absolute Gasteiger partial charge is 0.477 e. The molecule has 0 unspecified atom stereocenters. The van der Waals surface area contributed by atoms with Crippen LogP contribution in [0.2, 0.25) is 0 Å². The Kier molecular flexibility index (Phi) is 4.92. The SMILES string of the molecule is Cc1ccc(C(=O)Nc2nc(CC(C)C)c(C(=O)O)s2)cc1. The maximum atomic E-state index is 12.1. The fourth-order valence-corrected chi connectivity index (χ4v) is 2.80. The third kappa shape index (κ3) is 3.92. The number of anilines is 1. The standard InChI is InChI=1S/C16H18N2O3S/c1-9(2)8-12-13(15(20)21)22-16(17-12)18-14(19)11-6-4-10(3)5-7-11/h4-7,9H,8H2,1-3H3,(H,20,21)(H,17,18,19). The molecule has 0 saturated heterocycles. The fraction of sp³-hybridized carbons (Fsp3) is 0.312. The molecular formula is C16H18N2O3S. The number of aromatic nitrogens is 1. The van der Waals surface area contributed by atoms with Crippen LogP contribution in [0.1, 0.15) is 45.1 Å². The second kappa shape index (κ2) is 6.70. The molecule has 2 aromatic rings. The number of amides is 1. The van der Waals surface area contributed by atoms with Gasteiger partial charge in [0.05, 0.1) is 5.69 Å². The first-order chi connectivity index (χ1) is 10.4. The van der Waals surface area contributed by atoms with Gasteiger partial charge in [0.25, 0.3) is 5.91 Å². The van der Waals surface area contributed by atoms with Gasteiger partial charge in [-0.2, -0.15) is 0 Å². The van der Waals surface area contributed by atoms with Crippen molar-refractivity contribution in [3.63, 3.8) is 0 Å². The summed E-state index contributed by atoms with van der Waals surface area (Å²) in [5, 5.41) is 12.2. The molecule has 22 heavy (non-hydrogen) atoms. The first-order valence-electron chi connectivity index (χ1n) is 6.98. The predicted octanol–water partition coefficient (Wildman–Crippen LogP) is 3.60. The Morgan fingerprint density at radius 1 is 1.27 bits per heavy atom. The third-order valence-electron chi connectivity index (χ3n) is 3.03. The van der Waals surface area contributed by atoms with Crippen LogP contribution in [-0.4, -0.2) is 22.0 Å². The number of nitrogens with one attached hydrogen (secondary N) is 1. The van der Waals surface area contributed by atoms with Gasteiger partial charge in [-0.05, 0) is 31.4 Å². The Morgan fingerprint density at radius 3 is 2.45 bits per heavy atom. The molecule has 0 bridgehead atoms. The van der Waals surface area contributed by atoms with Gasteiger partial charge in [-0.1, -0.05) is 42.9 Å². The molecule has 0 saturated carbocycles. The highest BCUT2D eigenvalue weighted by Crippen LogP contribution is 2.25. The van der Waals surface area contributed by atoms with Crippen LogP contribution in [0.25, 0.3) is 0 Å². The van der Waals surface area contributed by atoms with E-state index in [9.17, 15) is 14.7 Å². The first kappa shape index (κ1) is 16.2. The summed E-state index contributed by atoms with van der Waals surface area (Å²) in [5.74, 6) is -1.01. The highest BCUT2D eigenvalue weighted by Gasteiger charge is 2.19. The van der Waals surface area contributed by atoms with Crippen LogP contribution >= 0.6 is 11.3 Å². The number of carboxylic acids is 1. The maximum Gasteiger partial charge on any atom is 0.347 e. The quantitative estimate of drug-likeness (QED) is 0.883. The minimum absolute atomic E-state index is 0.188. The molecule has 0 aliphatic rings. The monoisotopic (exact) mass is 318 g/mol. The molecule has 0 spiro atoms. The second-order valence-corrected chi connectivity index (χ2v) is 6.52. The highest BCUT2D eigenvalue weighted by atomic mass is 32.1. The number of aromatic carboxylic acids is 1. The Balaban J connectivity index is 2.20. The number of hydrogen-bond acceptors (Lipinski definition) is 4. The minimum atomic E-state index is -1.01. The topological polar surface area (TPSA) is 79.3 Å². The second-order valence-electron chi connectivity index (χ2n) is 5.52. The van der Waals surface area contributed by atoms with Crippen LogP contribution in [-0.2, 0) is 6.42 Å². The molecule has 0 radical (unpaired) electrons. The van der Waals surface area contributed by atoms with E-state index in [1.807, 2.05) is 32.9 Å². The van der Waals surface area contributed by atoms with Crippen molar-refractivity contribution >= 4 is 28.3 Å². The zero-order valence-electron chi connectivity index (χ0n) is 12.7. The van der Waals surface area contributed by atoms with Crippen LogP contribution in [0.4, 0.5) is 5.13 Å². The van der Waals surface area contributed by atoms with Gasteiger partial charge in [0, 0.05) is 5.56 Å². The zero-order valence-corrected chi connectivity index (χ0v) is 13.5. The van der Waals surface area contributed by atoms with E-state index < -0.39 is 5.97 Å². The Hall–Kier alpha value is -2.21. The van der Waals surface area contributed by atoms with E-state index in [0.717, 1.165) is 16.9 Å². The summed E-state index contributed by atoms with van der Waals surface area (Å²) >= 11 is 0.993. The number of hydrogen-bond donors (Lipinski definition) is 2. The van der Waals surface area contributed by atoms with Crippen molar-refractivity contribution in [2.75, 3.05) is 5.32 Å². The van der Waals surface area contributed by atoms with E-state index in [1.54, 1.807) is 12.1 Å². The number of benzene rings is 1. The van der Waals surface area contributed by atoms with E-state index in [2.05, 4.69) is 10.3 Å². The van der Waals surface area contributed by atoms with Crippen molar-refractivity contribution in [1.82, 2.24) is 4.98 Å². The van der Waals surface area contributed by atoms with E-state index in [-0.39, 0.29) is 10.8 Å². The lowest BCUT2D eigenvalue weighted by molar-refractivity contribution is 0.0700. The van der Waals surface area contributed by atoms with Crippen molar-refractivity contribution < 1.29 is 14.7 Å². The molecule has 1 aromatic carbocycles. The molecular weight excluding hydrogens is 300 g/mol. The molecule has 5 nitrogen and oxygen atoms in total. The van der Waals surface area contributed by atoms with Crippen LogP contribution in [0, 0.1) is 12.8 Å². The molecule has 0 atom stereocenters. The summed E-state index contributed by atoms with van der Waals surface area (Å²) in [6.07, 6.45) is 0.568. The molecule has 1 heterocycles. The van der Waals surface area contributed by atoms with Gasteiger partial charge in [-0.3, -0.25) is 10.1 Å². The molecule has 2 rings (SSSR count). The Bertz CT molecular complexity index is 690. The van der Waals surface area contributed by atoms with Gasteiger partial charge in [0.1, 0.15) is 4.88 Å². The molecule has 116 valence electrons. The van der Waals surface area contributed by atoms with Gasteiger partial charge >= 0.3 is 5.97 Å². The van der Waals surface area contributed by atoms with Crippen LogP contribution < -0.4 is 5.32 Å². The van der Waals surface area contributed by atoms with Crippen LogP contribution in [0.15, 0.2) is 24.3 Å². The number of aryl methyl sites for hydroxylation is 1. The minimum Gasteiger partial charge on any atom is -0.477 e. The summed E-state index contributed by atoms with van der Waals surface area (Å²) in [5.41, 5.74) is 2.10. The molecule has 0 aliphatic carbocycles. The Labute approximate surface area is 133 Å². The Morgan fingerprint density at radius 2 is 1.91 bits per heavy atom. The molecule has 6 heteroatoms. The van der Waals surface area contributed by atoms with Gasteiger partial charge in [0.2, 0.25) is 0 Å². The first-order valence-corrected chi connectivity index (χ1v) is 7.79. The lowest BCUT2D eigenvalue weighted by atomic mass is 10.1. The average molecular weight is 318 g/mol. The number of carbonyl (C=O) groups excluding carboxylic acids is 1. The van der Waals surface area contributed by atoms with Gasteiger partial charge in [-0.25, -0.2) is 9.78 Å². The smallest absolute Gasteiger partial charge is 0.347 e. The summed E-state index contributed by atoms with van der Waals surface area (Å²) < 4.78 is 0. The molecule has 0 aliphatic heterocycles. The van der Waals surface area contributed by atoms with Crippen molar-refractivity contribution in [2.24, 2.45) is 5.92 Å². The van der Waals surface area contributed by atoms with Crippen molar-refractivity contribution in [3.8, 4) is 0 Å².